The highest BCUT2D eigenvalue weighted by molar-refractivity contribution is 5.97. The molecule has 2 amide bonds. The van der Waals surface area contributed by atoms with E-state index in [0.717, 1.165) is 57.9 Å². The number of benzene rings is 1. The average Bonchev–Trinajstić information content (AvgIpc) is 3.88. The Morgan fingerprint density at radius 3 is 1.62 bits per heavy atom. The van der Waals surface area contributed by atoms with Gasteiger partial charge in [0.1, 0.15) is 12.3 Å². The van der Waals surface area contributed by atoms with Crippen LogP contribution in [0.15, 0.2) is 48.6 Å². The summed E-state index contributed by atoms with van der Waals surface area (Å²) in [6.45, 7) is 8.45. The van der Waals surface area contributed by atoms with E-state index in [1.165, 1.54) is 12.8 Å². The summed E-state index contributed by atoms with van der Waals surface area (Å²) in [6.07, 6.45) is 6.64. The van der Waals surface area contributed by atoms with Gasteiger partial charge in [0.2, 0.25) is 5.91 Å². The fourth-order valence-corrected chi connectivity index (χ4v) is 5.01. The zero-order chi connectivity index (χ0) is 34.9. The molecule has 2 heterocycles. The van der Waals surface area contributed by atoms with Gasteiger partial charge in [0.05, 0.1) is 6.61 Å². The third-order valence-corrected chi connectivity index (χ3v) is 7.57. The van der Waals surface area contributed by atoms with Crippen LogP contribution in [0.3, 0.4) is 0 Å². The van der Waals surface area contributed by atoms with E-state index in [2.05, 4.69) is 16.8 Å². The van der Waals surface area contributed by atoms with E-state index in [0.29, 0.717) is 42.5 Å². The number of aliphatic carboxylic acids is 4. The maximum absolute atomic E-state index is 13.1. The molecule has 1 aliphatic carbocycles. The van der Waals surface area contributed by atoms with Crippen molar-refractivity contribution in [2.45, 2.75) is 44.7 Å². The molecule has 258 valence electrons. The first-order valence-electron chi connectivity index (χ1n) is 15.3. The molecule has 1 saturated carbocycles. The largest absolute Gasteiger partial charge is 0.494 e. The summed E-state index contributed by atoms with van der Waals surface area (Å²) in [5, 5.41) is 31.2. The molecular formula is C32H44N4O11. The number of carbonyl (C=O) groups excluding carboxylic acids is 2. The summed E-state index contributed by atoms with van der Waals surface area (Å²) in [5.74, 6) is -4.24. The average molecular weight is 661 g/mol. The van der Waals surface area contributed by atoms with Crippen molar-refractivity contribution in [2.24, 2.45) is 0 Å². The number of carbonyl (C=O) groups is 6. The van der Waals surface area contributed by atoms with Gasteiger partial charge in [-0.05, 0) is 77.0 Å². The molecule has 15 nitrogen and oxygen atoms in total. The molecule has 0 atom stereocenters. The minimum atomic E-state index is -1.26. The molecule has 15 heteroatoms. The van der Waals surface area contributed by atoms with Gasteiger partial charge in [-0.1, -0.05) is 0 Å². The van der Waals surface area contributed by atoms with Crippen molar-refractivity contribution in [2.75, 3.05) is 59.5 Å². The standard InChI is InChI=1S/C24H36N4O3.2C4H4O4/c1-3-31-22-8-4-19(5-9-22)24(30)28(21-6-7-21)18-23(29)27-16-14-26(15-17-27)20-10-12-25(2)13-11-20;2*5-3(6)1-2-4(7)8/h4-5,8-9,20-21H,3,6-7,10-18H2,1-2H3;2*1-2H,(H,5,6)(H,7,8)/b;2*2-1+. The van der Waals surface area contributed by atoms with Gasteiger partial charge in [0, 0.05) is 68.1 Å². The molecule has 2 saturated heterocycles. The Hall–Kier alpha value is -4.76. The molecule has 1 aromatic carbocycles. The molecule has 1 aromatic rings. The number of piperidine rings is 1. The zero-order valence-corrected chi connectivity index (χ0v) is 26.7. The Kier molecular flexibility index (Phi) is 16.1. The molecule has 3 aliphatic rings. The molecule has 4 rings (SSSR count). The molecule has 0 bridgehead atoms. The minimum absolute atomic E-state index is 0.0520. The second-order valence-electron chi connectivity index (χ2n) is 11.1. The van der Waals surface area contributed by atoms with E-state index in [1.807, 2.05) is 24.0 Å². The third kappa shape index (κ3) is 14.9. The van der Waals surface area contributed by atoms with Crippen molar-refractivity contribution in [3.63, 3.8) is 0 Å². The number of nitrogens with zero attached hydrogens (tertiary/aromatic N) is 4. The van der Waals surface area contributed by atoms with Crippen molar-refractivity contribution in [3.05, 3.63) is 54.1 Å². The van der Waals surface area contributed by atoms with Crippen molar-refractivity contribution >= 4 is 35.7 Å². The van der Waals surface area contributed by atoms with Gasteiger partial charge >= 0.3 is 23.9 Å². The molecule has 0 unspecified atom stereocenters. The number of hydrogen-bond donors (Lipinski definition) is 4. The summed E-state index contributed by atoms with van der Waals surface area (Å²) in [5.41, 5.74) is 0.621. The van der Waals surface area contributed by atoms with E-state index < -0.39 is 23.9 Å². The maximum atomic E-state index is 13.1. The lowest BCUT2D eigenvalue weighted by Gasteiger charge is -2.42. The molecule has 0 radical (unpaired) electrons. The smallest absolute Gasteiger partial charge is 0.328 e. The van der Waals surface area contributed by atoms with Crippen molar-refractivity contribution < 1.29 is 53.9 Å². The van der Waals surface area contributed by atoms with Crippen LogP contribution >= 0.6 is 0 Å². The quantitative estimate of drug-likeness (QED) is 0.248. The maximum Gasteiger partial charge on any atom is 0.328 e. The van der Waals surface area contributed by atoms with E-state index in [1.54, 1.807) is 17.0 Å². The first-order chi connectivity index (χ1) is 22.3. The summed E-state index contributed by atoms with van der Waals surface area (Å²) in [6, 6.07) is 8.10. The zero-order valence-electron chi connectivity index (χ0n) is 26.7. The van der Waals surface area contributed by atoms with E-state index in [-0.39, 0.29) is 24.4 Å². The lowest BCUT2D eigenvalue weighted by atomic mass is 10.0. The predicted molar refractivity (Wildman–Crippen MR) is 169 cm³/mol. The Bertz CT molecular complexity index is 1210. The Balaban J connectivity index is 0.000000397. The van der Waals surface area contributed by atoms with Gasteiger partial charge in [-0.25, -0.2) is 19.2 Å². The minimum Gasteiger partial charge on any atom is -0.494 e. The highest BCUT2D eigenvalue weighted by Gasteiger charge is 2.36. The fourth-order valence-electron chi connectivity index (χ4n) is 5.01. The van der Waals surface area contributed by atoms with Crippen LogP contribution in [0.2, 0.25) is 0 Å². The van der Waals surface area contributed by atoms with Gasteiger partial charge in [0.15, 0.2) is 0 Å². The first-order valence-corrected chi connectivity index (χ1v) is 15.3. The van der Waals surface area contributed by atoms with E-state index in [4.69, 9.17) is 25.2 Å². The number of piperazine rings is 1. The fraction of sp³-hybridized carbons (Fsp3) is 0.500. The van der Waals surface area contributed by atoms with Crippen LogP contribution in [0, 0.1) is 0 Å². The van der Waals surface area contributed by atoms with Crippen LogP contribution in [0.5, 0.6) is 5.75 Å². The van der Waals surface area contributed by atoms with Gasteiger partial charge in [-0.15, -0.1) is 0 Å². The second-order valence-corrected chi connectivity index (χ2v) is 11.1. The first kappa shape index (κ1) is 38.4. The van der Waals surface area contributed by atoms with Crippen molar-refractivity contribution in [1.82, 2.24) is 19.6 Å². The molecule has 3 fully saturated rings. The van der Waals surface area contributed by atoms with Gasteiger partial charge in [0.25, 0.3) is 5.91 Å². The predicted octanol–water partition coefficient (Wildman–Crippen LogP) is 1.35. The Morgan fingerprint density at radius 1 is 0.745 bits per heavy atom. The molecule has 4 N–H and O–H groups in total. The number of ether oxygens (including phenoxy) is 1. The van der Waals surface area contributed by atoms with Crippen LogP contribution in [0.4, 0.5) is 0 Å². The van der Waals surface area contributed by atoms with Crippen molar-refractivity contribution in [1.29, 1.82) is 0 Å². The number of rotatable bonds is 11. The molecule has 0 aromatic heterocycles. The highest BCUT2D eigenvalue weighted by Crippen LogP contribution is 2.29. The van der Waals surface area contributed by atoms with Gasteiger partial charge < -0.3 is 39.9 Å². The summed E-state index contributed by atoms with van der Waals surface area (Å²) in [4.78, 5) is 73.0. The topological polar surface area (TPSA) is 206 Å². The van der Waals surface area contributed by atoms with Crippen LogP contribution < -0.4 is 4.74 Å². The number of carboxylic acids is 4. The van der Waals surface area contributed by atoms with Gasteiger partial charge in [-0.2, -0.15) is 0 Å². The normalized spacial score (nSPS) is 17.2. The van der Waals surface area contributed by atoms with Crippen LogP contribution in [-0.2, 0) is 24.0 Å². The van der Waals surface area contributed by atoms with E-state index >= 15 is 0 Å². The lowest BCUT2D eigenvalue weighted by Crippen LogP contribution is -2.55. The Labute approximate surface area is 273 Å². The number of likely N-dealkylation sites (tertiary alicyclic amines) is 1. The van der Waals surface area contributed by atoms with E-state index in [9.17, 15) is 28.8 Å². The second kappa shape index (κ2) is 19.7. The number of amides is 2. The number of hydrogen-bond acceptors (Lipinski definition) is 9. The summed E-state index contributed by atoms with van der Waals surface area (Å²) in [7, 11) is 2.19. The molecular weight excluding hydrogens is 616 g/mol. The van der Waals surface area contributed by atoms with Crippen molar-refractivity contribution in [3.8, 4) is 5.75 Å². The third-order valence-electron chi connectivity index (χ3n) is 7.57. The monoisotopic (exact) mass is 660 g/mol. The molecule has 2 aliphatic heterocycles. The van der Waals surface area contributed by atoms with Gasteiger partial charge in [-0.3, -0.25) is 14.5 Å². The van der Waals surface area contributed by atoms with Crippen LogP contribution in [0.1, 0.15) is 43.0 Å². The highest BCUT2D eigenvalue weighted by atomic mass is 16.5. The molecule has 47 heavy (non-hydrogen) atoms. The lowest BCUT2D eigenvalue weighted by molar-refractivity contribution is -0.134. The number of carboxylic acid groups (broad SMARTS) is 4. The summed E-state index contributed by atoms with van der Waals surface area (Å²) >= 11 is 0. The summed E-state index contributed by atoms with van der Waals surface area (Å²) < 4.78 is 5.47. The van der Waals surface area contributed by atoms with Crippen LogP contribution in [-0.4, -0.2) is 147 Å². The molecule has 0 spiro atoms. The van der Waals surface area contributed by atoms with Crippen LogP contribution in [0.25, 0.3) is 0 Å². The SMILES string of the molecule is CCOc1ccc(C(=O)N(CC(=O)N2CCN(C3CCN(C)CC3)CC2)C2CC2)cc1.O=C(O)/C=C/C(=O)O.O=C(O)/C=C/C(=O)O. The Morgan fingerprint density at radius 2 is 1.21 bits per heavy atom.